The van der Waals surface area contributed by atoms with E-state index in [-0.39, 0.29) is 17.5 Å². The fraction of sp³-hybridized carbons (Fsp3) is 0.417. The fourth-order valence-electron chi connectivity index (χ4n) is 1.77. The van der Waals surface area contributed by atoms with E-state index in [0.717, 1.165) is 0 Å². The molecule has 0 unspecified atom stereocenters. The van der Waals surface area contributed by atoms with Crippen molar-refractivity contribution in [2.45, 2.75) is 24.8 Å². The van der Waals surface area contributed by atoms with Crippen molar-refractivity contribution >= 4 is 27.3 Å². The van der Waals surface area contributed by atoms with Gasteiger partial charge in [0.05, 0.1) is 22.8 Å². The molecule has 0 bridgehead atoms. The Kier molecular flexibility index (Phi) is 4.96. The molecule has 1 rings (SSSR count). The van der Waals surface area contributed by atoms with Crippen LogP contribution in [0.4, 0.5) is 11.4 Å². The van der Waals surface area contributed by atoms with Gasteiger partial charge < -0.3 is 16.4 Å². The number of rotatable bonds is 6. The molecule has 112 valence electrons. The third-order valence-electron chi connectivity index (χ3n) is 2.84. The van der Waals surface area contributed by atoms with Gasteiger partial charge >= 0.3 is 0 Å². The zero-order valence-corrected chi connectivity index (χ0v) is 12.6. The predicted octanol–water partition coefficient (Wildman–Crippen LogP) is -0.123. The summed E-state index contributed by atoms with van der Waals surface area (Å²) >= 11 is 0. The van der Waals surface area contributed by atoms with Crippen molar-refractivity contribution in [1.29, 1.82) is 0 Å². The number of sulfonamides is 1. The van der Waals surface area contributed by atoms with Gasteiger partial charge in [0.15, 0.2) is 0 Å². The van der Waals surface area contributed by atoms with E-state index in [0.29, 0.717) is 11.4 Å². The standard InChI is InChI=1S/C12H20N4O3S/c1-8(2)16(7-12(14)17)11-6-9(4-5-10(11)13)20(18,19)15-3/h4-6,8,15H,7,13H2,1-3H3,(H2,14,17). The van der Waals surface area contributed by atoms with E-state index in [9.17, 15) is 13.2 Å². The molecule has 8 heteroatoms. The van der Waals surface area contributed by atoms with E-state index in [2.05, 4.69) is 4.72 Å². The van der Waals surface area contributed by atoms with E-state index in [1.807, 2.05) is 13.8 Å². The van der Waals surface area contributed by atoms with Crippen LogP contribution >= 0.6 is 0 Å². The maximum absolute atomic E-state index is 11.8. The minimum Gasteiger partial charge on any atom is -0.397 e. The number of anilines is 2. The Hall–Kier alpha value is -1.80. The van der Waals surface area contributed by atoms with Gasteiger partial charge in [-0.1, -0.05) is 0 Å². The molecule has 0 aliphatic rings. The Morgan fingerprint density at radius 3 is 2.45 bits per heavy atom. The third kappa shape index (κ3) is 3.61. The van der Waals surface area contributed by atoms with E-state index in [4.69, 9.17) is 11.5 Å². The lowest BCUT2D eigenvalue weighted by molar-refractivity contribution is -0.116. The molecule has 0 radical (unpaired) electrons. The topological polar surface area (TPSA) is 119 Å². The van der Waals surface area contributed by atoms with Gasteiger partial charge in [0.1, 0.15) is 0 Å². The number of carbonyl (C=O) groups excluding carboxylic acids is 1. The van der Waals surface area contributed by atoms with Gasteiger partial charge in [-0.15, -0.1) is 0 Å². The monoisotopic (exact) mass is 300 g/mol. The fourth-order valence-corrected chi connectivity index (χ4v) is 2.52. The number of benzene rings is 1. The molecule has 1 aromatic rings. The van der Waals surface area contributed by atoms with Crippen LogP contribution in [0.5, 0.6) is 0 Å². The van der Waals surface area contributed by atoms with Crippen LogP contribution in [0.3, 0.4) is 0 Å². The van der Waals surface area contributed by atoms with Crippen molar-refractivity contribution in [3.8, 4) is 0 Å². The van der Waals surface area contributed by atoms with Crippen LogP contribution in [0, 0.1) is 0 Å². The molecule has 0 aliphatic carbocycles. The lowest BCUT2D eigenvalue weighted by Crippen LogP contribution is -2.39. The van der Waals surface area contributed by atoms with Gasteiger partial charge in [0.2, 0.25) is 15.9 Å². The number of hydrogen-bond donors (Lipinski definition) is 3. The van der Waals surface area contributed by atoms with E-state index in [1.165, 1.54) is 25.2 Å². The van der Waals surface area contributed by atoms with E-state index in [1.54, 1.807) is 4.90 Å². The molecule has 0 fully saturated rings. The number of amides is 1. The lowest BCUT2D eigenvalue weighted by Gasteiger charge is -2.29. The second-order valence-corrected chi connectivity index (χ2v) is 6.50. The number of nitrogen functional groups attached to an aromatic ring is 1. The van der Waals surface area contributed by atoms with Crippen LogP contribution in [0.25, 0.3) is 0 Å². The quantitative estimate of drug-likeness (QED) is 0.633. The minimum atomic E-state index is -3.57. The highest BCUT2D eigenvalue weighted by Gasteiger charge is 2.19. The van der Waals surface area contributed by atoms with Crippen LogP contribution < -0.4 is 21.1 Å². The normalized spacial score (nSPS) is 11.6. The van der Waals surface area contributed by atoms with Gasteiger partial charge in [-0.25, -0.2) is 13.1 Å². The van der Waals surface area contributed by atoms with Crippen molar-refractivity contribution < 1.29 is 13.2 Å². The van der Waals surface area contributed by atoms with E-state index < -0.39 is 15.9 Å². The highest BCUT2D eigenvalue weighted by Crippen LogP contribution is 2.28. The third-order valence-corrected chi connectivity index (χ3v) is 4.25. The number of carbonyl (C=O) groups is 1. The highest BCUT2D eigenvalue weighted by atomic mass is 32.2. The van der Waals surface area contributed by atoms with Crippen LogP contribution in [-0.4, -0.2) is 34.0 Å². The Balaban J connectivity index is 3.35. The molecular weight excluding hydrogens is 280 g/mol. The van der Waals surface area contributed by atoms with Crippen molar-refractivity contribution in [3.05, 3.63) is 18.2 Å². The van der Waals surface area contributed by atoms with Crippen molar-refractivity contribution in [1.82, 2.24) is 4.72 Å². The SMILES string of the molecule is CNS(=O)(=O)c1ccc(N)c(N(CC(N)=O)C(C)C)c1. The summed E-state index contributed by atoms with van der Waals surface area (Å²) in [5, 5.41) is 0. The average molecular weight is 300 g/mol. The van der Waals surface area contributed by atoms with Gasteiger partial charge in [-0.3, -0.25) is 4.79 Å². The highest BCUT2D eigenvalue weighted by molar-refractivity contribution is 7.89. The molecule has 1 aromatic carbocycles. The molecule has 0 saturated carbocycles. The largest absolute Gasteiger partial charge is 0.397 e. The zero-order chi connectivity index (χ0) is 15.5. The number of hydrogen-bond acceptors (Lipinski definition) is 5. The summed E-state index contributed by atoms with van der Waals surface area (Å²) in [6.45, 7) is 3.69. The Morgan fingerprint density at radius 1 is 1.40 bits per heavy atom. The molecule has 0 aliphatic heterocycles. The smallest absolute Gasteiger partial charge is 0.240 e. The van der Waals surface area contributed by atoms with Crippen LogP contribution in [0.15, 0.2) is 23.1 Å². The number of primary amides is 1. The Labute approximate surface area is 119 Å². The van der Waals surface area contributed by atoms with Gasteiger partial charge in [0, 0.05) is 6.04 Å². The van der Waals surface area contributed by atoms with Gasteiger partial charge in [-0.05, 0) is 39.1 Å². The maximum Gasteiger partial charge on any atom is 0.240 e. The first-order valence-corrected chi connectivity index (χ1v) is 7.55. The summed E-state index contributed by atoms with van der Waals surface area (Å²) < 4.78 is 25.9. The Bertz CT molecular complexity index is 599. The molecule has 0 atom stereocenters. The summed E-state index contributed by atoms with van der Waals surface area (Å²) in [6.07, 6.45) is 0. The van der Waals surface area contributed by atoms with E-state index >= 15 is 0 Å². The van der Waals surface area contributed by atoms with Crippen LogP contribution in [0.1, 0.15) is 13.8 Å². The van der Waals surface area contributed by atoms with Crippen LogP contribution in [-0.2, 0) is 14.8 Å². The van der Waals surface area contributed by atoms with Crippen molar-refractivity contribution in [2.75, 3.05) is 24.2 Å². The molecule has 5 N–H and O–H groups in total. The molecule has 0 aromatic heterocycles. The summed E-state index contributed by atoms with van der Waals surface area (Å²) in [6, 6.07) is 4.28. The second-order valence-electron chi connectivity index (χ2n) is 4.62. The van der Waals surface area contributed by atoms with Crippen molar-refractivity contribution in [2.24, 2.45) is 5.73 Å². The van der Waals surface area contributed by atoms with Crippen LogP contribution in [0.2, 0.25) is 0 Å². The molecule has 7 nitrogen and oxygen atoms in total. The zero-order valence-electron chi connectivity index (χ0n) is 11.8. The van der Waals surface area contributed by atoms with Gasteiger partial charge in [0.25, 0.3) is 0 Å². The summed E-state index contributed by atoms with van der Waals surface area (Å²) in [5.41, 5.74) is 11.9. The molecule has 20 heavy (non-hydrogen) atoms. The summed E-state index contributed by atoms with van der Waals surface area (Å²) in [4.78, 5) is 12.9. The minimum absolute atomic E-state index is 0.0368. The maximum atomic E-state index is 11.8. The first kappa shape index (κ1) is 16.3. The Morgan fingerprint density at radius 2 is 2.00 bits per heavy atom. The molecule has 0 spiro atoms. The predicted molar refractivity (Wildman–Crippen MR) is 78.8 cm³/mol. The molecule has 0 saturated heterocycles. The first-order chi connectivity index (χ1) is 9.19. The second kappa shape index (κ2) is 6.10. The first-order valence-electron chi connectivity index (χ1n) is 6.07. The molecule has 1 amide bonds. The lowest BCUT2D eigenvalue weighted by atomic mass is 10.2. The number of nitrogens with one attached hydrogen (secondary N) is 1. The van der Waals surface area contributed by atoms with Crippen molar-refractivity contribution in [3.63, 3.8) is 0 Å². The summed E-state index contributed by atoms with van der Waals surface area (Å²) in [5.74, 6) is -0.514. The summed E-state index contributed by atoms with van der Waals surface area (Å²) in [7, 11) is -2.25. The van der Waals surface area contributed by atoms with Gasteiger partial charge in [-0.2, -0.15) is 0 Å². The number of nitrogens with zero attached hydrogens (tertiary/aromatic N) is 1. The molecule has 0 heterocycles. The molecular formula is C12H20N4O3S. The number of nitrogens with two attached hydrogens (primary N) is 2. The average Bonchev–Trinajstić information content (AvgIpc) is 2.36.